The molecule has 8 heteroatoms. The van der Waals surface area contributed by atoms with Crippen molar-refractivity contribution in [3.63, 3.8) is 0 Å². The van der Waals surface area contributed by atoms with E-state index in [4.69, 9.17) is 0 Å². The second-order valence-electron chi connectivity index (χ2n) is 7.23. The highest BCUT2D eigenvalue weighted by molar-refractivity contribution is 7.15. The summed E-state index contributed by atoms with van der Waals surface area (Å²) in [6.45, 7) is 2.27. The molecule has 2 aliphatic rings. The van der Waals surface area contributed by atoms with Gasteiger partial charge in [0.1, 0.15) is 11.6 Å². The van der Waals surface area contributed by atoms with Crippen molar-refractivity contribution in [1.82, 2.24) is 4.98 Å². The van der Waals surface area contributed by atoms with E-state index in [1.54, 1.807) is 0 Å². The molecule has 2 amide bonds. The number of carbonyl (C=O) groups excluding carboxylic acids is 2. The summed E-state index contributed by atoms with van der Waals surface area (Å²) in [6, 6.07) is 3.05. The maximum Gasteiger partial charge on any atom is 0.231 e. The Labute approximate surface area is 159 Å². The molecular weight excluding hydrogens is 372 g/mol. The molecule has 2 aromatic rings. The number of thiazole rings is 1. The van der Waals surface area contributed by atoms with Gasteiger partial charge in [0.25, 0.3) is 0 Å². The van der Waals surface area contributed by atoms with Crippen LogP contribution >= 0.6 is 11.3 Å². The summed E-state index contributed by atoms with van der Waals surface area (Å²) < 4.78 is 27.1. The molecule has 0 radical (unpaired) electrons. The average Bonchev–Trinajstić information content (AvgIpc) is 3.17. The van der Waals surface area contributed by atoms with Crippen molar-refractivity contribution < 1.29 is 18.4 Å². The quantitative estimate of drug-likeness (QED) is 0.871. The van der Waals surface area contributed by atoms with Gasteiger partial charge < -0.3 is 10.2 Å². The van der Waals surface area contributed by atoms with E-state index < -0.39 is 17.6 Å². The number of fused-ring (bicyclic) bond motifs is 1. The largest absolute Gasteiger partial charge is 0.309 e. The highest BCUT2D eigenvalue weighted by Gasteiger charge is 2.36. The number of nitrogens with zero attached hydrogens (tertiary/aromatic N) is 2. The molecule has 2 atom stereocenters. The second-order valence-corrected chi connectivity index (χ2v) is 8.31. The number of rotatable bonds is 3. The fourth-order valence-electron chi connectivity index (χ4n) is 3.62. The van der Waals surface area contributed by atoms with Crippen LogP contribution in [0.4, 0.5) is 19.6 Å². The van der Waals surface area contributed by atoms with Gasteiger partial charge in [0.05, 0.1) is 17.3 Å². The smallest absolute Gasteiger partial charge is 0.231 e. The van der Waals surface area contributed by atoms with Crippen molar-refractivity contribution in [3.8, 4) is 0 Å². The van der Waals surface area contributed by atoms with Gasteiger partial charge in [-0.2, -0.15) is 0 Å². The van der Waals surface area contributed by atoms with E-state index >= 15 is 0 Å². The van der Waals surface area contributed by atoms with Crippen LogP contribution in [0.1, 0.15) is 30.3 Å². The molecule has 1 N–H and O–H groups in total. The third-order valence-corrected chi connectivity index (χ3v) is 6.15. The Morgan fingerprint density at radius 3 is 2.93 bits per heavy atom. The number of aromatic nitrogens is 1. The Morgan fingerprint density at radius 2 is 2.15 bits per heavy atom. The van der Waals surface area contributed by atoms with Crippen LogP contribution in [-0.4, -0.2) is 23.3 Å². The molecule has 1 aromatic heterocycles. The van der Waals surface area contributed by atoms with E-state index in [-0.39, 0.29) is 30.5 Å². The first-order chi connectivity index (χ1) is 12.9. The topological polar surface area (TPSA) is 62.3 Å². The summed E-state index contributed by atoms with van der Waals surface area (Å²) in [6.07, 6.45) is 2.98. The van der Waals surface area contributed by atoms with E-state index in [9.17, 15) is 18.4 Å². The van der Waals surface area contributed by atoms with Crippen molar-refractivity contribution >= 4 is 34.0 Å². The number of nitrogens with one attached hydrogen (secondary N) is 1. The van der Waals surface area contributed by atoms with Crippen molar-refractivity contribution in [2.45, 2.75) is 32.6 Å². The first-order valence-electron chi connectivity index (χ1n) is 8.95. The Balaban J connectivity index is 1.45. The standard InChI is InChI=1S/C19H19F2N3O2S/c1-10-2-4-14-16(6-10)27-19(22-14)23-18(26)11-7-17(25)24(9-11)15-5-3-12(20)8-13(15)21/h3,5,8,10-11H,2,4,6-7,9H2,1H3,(H,22,23,26). The molecule has 2 unspecified atom stereocenters. The predicted molar refractivity (Wildman–Crippen MR) is 98.8 cm³/mol. The lowest BCUT2D eigenvalue weighted by Crippen LogP contribution is -2.28. The fraction of sp³-hybridized carbons (Fsp3) is 0.421. The molecule has 1 fully saturated rings. The molecule has 1 aromatic carbocycles. The van der Waals surface area contributed by atoms with E-state index in [1.165, 1.54) is 27.2 Å². The molecule has 1 aliphatic heterocycles. The lowest BCUT2D eigenvalue weighted by molar-refractivity contribution is -0.122. The Hall–Kier alpha value is -2.35. The summed E-state index contributed by atoms with van der Waals surface area (Å²) in [5, 5.41) is 3.36. The van der Waals surface area contributed by atoms with Crippen LogP contribution in [0.15, 0.2) is 18.2 Å². The zero-order chi connectivity index (χ0) is 19.1. The van der Waals surface area contributed by atoms with Crippen molar-refractivity contribution in [2.24, 2.45) is 11.8 Å². The van der Waals surface area contributed by atoms with Crippen LogP contribution < -0.4 is 10.2 Å². The van der Waals surface area contributed by atoms with Crippen LogP contribution in [-0.2, 0) is 22.4 Å². The van der Waals surface area contributed by atoms with Gasteiger partial charge >= 0.3 is 0 Å². The summed E-state index contributed by atoms with van der Waals surface area (Å²) in [7, 11) is 0. The summed E-state index contributed by atoms with van der Waals surface area (Å²) in [4.78, 5) is 31.7. The molecular formula is C19H19F2N3O2S. The molecule has 5 nitrogen and oxygen atoms in total. The molecule has 0 saturated carbocycles. The number of aryl methyl sites for hydroxylation is 1. The van der Waals surface area contributed by atoms with Gasteiger partial charge in [0.2, 0.25) is 11.8 Å². The minimum Gasteiger partial charge on any atom is -0.309 e. The molecule has 0 bridgehead atoms. The van der Waals surface area contributed by atoms with Gasteiger partial charge in [0.15, 0.2) is 5.13 Å². The molecule has 142 valence electrons. The molecule has 1 aliphatic carbocycles. The maximum atomic E-state index is 14.0. The summed E-state index contributed by atoms with van der Waals surface area (Å²) in [5.74, 6) is -2.15. The molecule has 2 heterocycles. The third-order valence-electron chi connectivity index (χ3n) is 5.11. The van der Waals surface area contributed by atoms with Crippen molar-refractivity contribution in [3.05, 3.63) is 40.4 Å². The lowest BCUT2D eigenvalue weighted by atomic mass is 9.93. The van der Waals surface area contributed by atoms with Gasteiger partial charge in [-0.15, -0.1) is 11.3 Å². The van der Waals surface area contributed by atoms with Crippen LogP contribution in [0.5, 0.6) is 0 Å². The number of hydrogen-bond donors (Lipinski definition) is 1. The summed E-state index contributed by atoms with van der Waals surface area (Å²) in [5.41, 5.74) is 1.04. The van der Waals surface area contributed by atoms with Crippen LogP contribution in [0.2, 0.25) is 0 Å². The number of benzene rings is 1. The van der Waals surface area contributed by atoms with E-state index in [2.05, 4.69) is 17.2 Å². The number of carbonyl (C=O) groups is 2. The minimum atomic E-state index is -0.814. The number of anilines is 2. The second kappa shape index (κ2) is 6.99. The number of hydrogen-bond acceptors (Lipinski definition) is 4. The molecule has 4 rings (SSSR count). The average molecular weight is 391 g/mol. The van der Waals surface area contributed by atoms with Gasteiger partial charge in [-0.3, -0.25) is 9.59 Å². The van der Waals surface area contributed by atoms with Gasteiger partial charge in [-0.1, -0.05) is 6.92 Å². The van der Waals surface area contributed by atoms with Crippen molar-refractivity contribution in [2.75, 3.05) is 16.8 Å². The zero-order valence-corrected chi connectivity index (χ0v) is 15.6. The highest BCUT2D eigenvalue weighted by Crippen LogP contribution is 2.33. The highest BCUT2D eigenvalue weighted by atomic mass is 32.1. The number of amides is 2. The fourth-order valence-corrected chi connectivity index (χ4v) is 4.79. The SMILES string of the molecule is CC1CCc2nc(NC(=O)C3CC(=O)N(c4ccc(F)cc4F)C3)sc2C1. The van der Waals surface area contributed by atoms with Crippen LogP contribution in [0.3, 0.4) is 0 Å². The Kier molecular flexibility index (Phi) is 4.67. The first kappa shape index (κ1) is 18.0. The monoisotopic (exact) mass is 391 g/mol. The molecule has 0 spiro atoms. The van der Waals surface area contributed by atoms with Crippen molar-refractivity contribution in [1.29, 1.82) is 0 Å². The van der Waals surface area contributed by atoms with E-state index in [0.29, 0.717) is 11.0 Å². The number of halogens is 2. The molecule has 27 heavy (non-hydrogen) atoms. The zero-order valence-electron chi connectivity index (χ0n) is 14.8. The third kappa shape index (κ3) is 3.58. The Morgan fingerprint density at radius 1 is 1.33 bits per heavy atom. The normalized spacial score (nSPS) is 22.0. The minimum absolute atomic E-state index is 0.00426. The maximum absolute atomic E-state index is 14.0. The van der Waals surface area contributed by atoms with Gasteiger partial charge in [-0.05, 0) is 37.3 Å². The lowest BCUT2D eigenvalue weighted by Gasteiger charge is -2.17. The summed E-state index contributed by atoms with van der Waals surface area (Å²) >= 11 is 1.48. The van der Waals surface area contributed by atoms with Gasteiger partial charge in [-0.25, -0.2) is 13.8 Å². The van der Waals surface area contributed by atoms with Crippen LogP contribution in [0, 0.1) is 23.5 Å². The molecule has 1 saturated heterocycles. The van der Waals surface area contributed by atoms with E-state index in [0.717, 1.165) is 37.1 Å². The van der Waals surface area contributed by atoms with E-state index in [1.807, 2.05) is 0 Å². The first-order valence-corrected chi connectivity index (χ1v) is 9.77. The Bertz CT molecular complexity index is 914. The van der Waals surface area contributed by atoms with Crippen LogP contribution in [0.25, 0.3) is 0 Å². The van der Waals surface area contributed by atoms with Gasteiger partial charge in [0, 0.05) is 23.9 Å². The predicted octanol–water partition coefficient (Wildman–Crippen LogP) is 3.54.